The molecular weight excluding hydrogens is 441 g/mol. The summed E-state index contributed by atoms with van der Waals surface area (Å²) in [5.74, 6) is 1.38. The molecule has 2 aromatic heterocycles. The van der Waals surface area contributed by atoms with Crippen LogP contribution in [0, 0.1) is 0 Å². The van der Waals surface area contributed by atoms with Crippen molar-refractivity contribution < 1.29 is 22.4 Å². The molecule has 4 rings (SSSR count). The summed E-state index contributed by atoms with van der Waals surface area (Å²) in [7, 11) is 0. The molecule has 0 aliphatic carbocycles. The maximum atomic E-state index is 12.6. The van der Waals surface area contributed by atoms with Crippen LogP contribution in [0.1, 0.15) is 5.56 Å². The molecular formula is C18H10BrF3N4O2. The molecule has 6 nitrogen and oxygen atoms in total. The lowest BCUT2D eigenvalue weighted by molar-refractivity contribution is -0.137. The molecule has 2 aromatic carbocycles. The zero-order valence-corrected chi connectivity index (χ0v) is 15.5. The van der Waals surface area contributed by atoms with Gasteiger partial charge in [0.25, 0.3) is 5.89 Å². The van der Waals surface area contributed by atoms with Gasteiger partial charge in [-0.25, -0.2) is 0 Å². The Labute approximate surface area is 164 Å². The van der Waals surface area contributed by atoms with Crippen LogP contribution in [0.25, 0.3) is 23.0 Å². The second kappa shape index (κ2) is 7.12. The summed E-state index contributed by atoms with van der Waals surface area (Å²) in [6.45, 7) is 0. The second-order valence-corrected chi connectivity index (χ2v) is 6.51. The van der Waals surface area contributed by atoms with Gasteiger partial charge in [-0.05, 0) is 64.5 Å². The van der Waals surface area contributed by atoms with Crippen LogP contribution in [0.5, 0.6) is 11.5 Å². The Hall–Kier alpha value is -3.14. The SMILES string of the molecule is FC(F)(F)c1ccc(Oc2ccc(-c3noc(-c4n[nH]cc4Br)n3)cc2)cc1. The third-order valence-electron chi connectivity index (χ3n) is 3.75. The van der Waals surface area contributed by atoms with Crippen molar-refractivity contribution in [2.75, 3.05) is 0 Å². The number of nitrogens with zero attached hydrogens (tertiary/aromatic N) is 3. The van der Waals surface area contributed by atoms with E-state index in [1.54, 1.807) is 30.5 Å². The van der Waals surface area contributed by atoms with E-state index in [0.717, 1.165) is 12.1 Å². The van der Waals surface area contributed by atoms with Crippen LogP contribution in [0.2, 0.25) is 0 Å². The highest BCUT2D eigenvalue weighted by Gasteiger charge is 2.30. The van der Waals surface area contributed by atoms with Crippen molar-refractivity contribution in [3.05, 3.63) is 64.8 Å². The van der Waals surface area contributed by atoms with Crippen molar-refractivity contribution in [2.24, 2.45) is 0 Å². The van der Waals surface area contributed by atoms with Gasteiger partial charge in [0.05, 0.1) is 10.0 Å². The lowest BCUT2D eigenvalue weighted by atomic mass is 10.2. The summed E-state index contributed by atoms with van der Waals surface area (Å²) >= 11 is 3.32. The van der Waals surface area contributed by atoms with Crippen molar-refractivity contribution in [3.8, 4) is 34.5 Å². The van der Waals surface area contributed by atoms with Crippen LogP contribution in [0.15, 0.2) is 63.7 Å². The molecule has 0 amide bonds. The Morgan fingerprint density at radius 3 is 2.18 bits per heavy atom. The Balaban J connectivity index is 1.49. The highest BCUT2D eigenvalue weighted by Crippen LogP contribution is 2.32. The van der Waals surface area contributed by atoms with E-state index in [4.69, 9.17) is 9.26 Å². The number of benzene rings is 2. The molecule has 0 radical (unpaired) electrons. The first-order chi connectivity index (χ1) is 13.4. The first-order valence-electron chi connectivity index (χ1n) is 7.89. The van der Waals surface area contributed by atoms with Crippen molar-refractivity contribution in [3.63, 3.8) is 0 Å². The summed E-state index contributed by atoms with van der Waals surface area (Å²) < 4.78 is 49.3. The van der Waals surface area contributed by atoms with Crippen LogP contribution in [-0.2, 0) is 6.18 Å². The molecule has 0 spiro atoms. The predicted octanol–water partition coefficient (Wildman–Crippen LogP) is 5.70. The van der Waals surface area contributed by atoms with Crippen LogP contribution in [-0.4, -0.2) is 20.3 Å². The van der Waals surface area contributed by atoms with E-state index in [2.05, 4.69) is 36.3 Å². The fraction of sp³-hybridized carbons (Fsp3) is 0.0556. The smallest absolute Gasteiger partial charge is 0.416 e. The number of H-pyrrole nitrogens is 1. The molecule has 2 heterocycles. The van der Waals surface area contributed by atoms with Gasteiger partial charge in [0, 0.05) is 11.8 Å². The van der Waals surface area contributed by atoms with Gasteiger partial charge in [-0.3, -0.25) is 5.10 Å². The monoisotopic (exact) mass is 450 g/mol. The summed E-state index contributed by atoms with van der Waals surface area (Å²) in [5, 5.41) is 10.6. The summed E-state index contributed by atoms with van der Waals surface area (Å²) in [6.07, 6.45) is -2.73. The molecule has 0 unspecified atom stereocenters. The van der Waals surface area contributed by atoms with Crippen LogP contribution in [0.4, 0.5) is 13.2 Å². The minimum Gasteiger partial charge on any atom is -0.457 e. The van der Waals surface area contributed by atoms with Crippen LogP contribution >= 0.6 is 15.9 Å². The van der Waals surface area contributed by atoms with Gasteiger partial charge in [0.1, 0.15) is 11.5 Å². The van der Waals surface area contributed by atoms with Crippen molar-refractivity contribution in [1.29, 1.82) is 0 Å². The highest BCUT2D eigenvalue weighted by molar-refractivity contribution is 9.10. The average molecular weight is 451 g/mol. The van der Waals surface area contributed by atoms with E-state index >= 15 is 0 Å². The molecule has 0 saturated heterocycles. The molecule has 142 valence electrons. The van der Waals surface area contributed by atoms with E-state index in [1.807, 2.05) is 0 Å². The molecule has 0 aliphatic rings. The van der Waals surface area contributed by atoms with Gasteiger partial charge in [-0.15, -0.1) is 0 Å². The summed E-state index contributed by atoms with van der Waals surface area (Å²) in [5.41, 5.74) is 0.453. The molecule has 1 N–H and O–H groups in total. The first-order valence-corrected chi connectivity index (χ1v) is 8.68. The van der Waals surface area contributed by atoms with E-state index < -0.39 is 11.7 Å². The van der Waals surface area contributed by atoms with Crippen molar-refractivity contribution in [1.82, 2.24) is 20.3 Å². The number of hydrogen-bond donors (Lipinski definition) is 1. The fourth-order valence-corrected chi connectivity index (χ4v) is 2.74. The minimum absolute atomic E-state index is 0.258. The fourth-order valence-electron chi connectivity index (χ4n) is 2.38. The number of aromatic nitrogens is 4. The maximum Gasteiger partial charge on any atom is 0.416 e. The third-order valence-corrected chi connectivity index (χ3v) is 4.36. The Morgan fingerprint density at radius 1 is 0.964 bits per heavy atom. The van der Waals surface area contributed by atoms with Crippen molar-refractivity contribution >= 4 is 15.9 Å². The van der Waals surface area contributed by atoms with Gasteiger partial charge in [0.2, 0.25) is 5.82 Å². The van der Waals surface area contributed by atoms with E-state index in [1.165, 1.54) is 12.1 Å². The number of rotatable bonds is 4. The third kappa shape index (κ3) is 3.77. The molecule has 28 heavy (non-hydrogen) atoms. The molecule has 0 fully saturated rings. The molecule has 4 aromatic rings. The number of nitrogens with one attached hydrogen (secondary N) is 1. The van der Waals surface area contributed by atoms with Gasteiger partial charge < -0.3 is 9.26 Å². The molecule has 0 bridgehead atoms. The van der Waals surface area contributed by atoms with Crippen LogP contribution in [0.3, 0.4) is 0 Å². The molecule has 0 aliphatic heterocycles. The molecule has 0 atom stereocenters. The van der Waals surface area contributed by atoms with Crippen molar-refractivity contribution in [2.45, 2.75) is 6.18 Å². The zero-order valence-electron chi connectivity index (χ0n) is 13.9. The predicted molar refractivity (Wildman–Crippen MR) is 96.5 cm³/mol. The topological polar surface area (TPSA) is 76.8 Å². The maximum absolute atomic E-state index is 12.6. The normalized spacial score (nSPS) is 11.6. The Bertz CT molecular complexity index is 1090. The van der Waals surface area contributed by atoms with Gasteiger partial charge >= 0.3 is 6.18 Å². The number of halogens is 4. The van der Waals surface area contributed by atoms with Gasteiger partial charge in [0.15, 0.2) is 5.69 Å². The number of ether oxygens (including phenoxy) is 1. The Morgan fingerprint density at radius 2 is 1.61 bits per heavy atom. The lowest BCUT2D eigenvalue weighted by Gasteiger charge is -2.09. The summed E-state index contributed by atoms with van der Waals surface area (Å²) in [6, 6.07) is 11.2. The average Bonchev–Trinajstić information content (AvgIpc) is 3.31. The first kappa shape index (κ1) is 18.2. The zero-order chi connectivity index (χ0) is 19.7. The Kier molecular flexibility index (Phi) is 4.63. The van der Waals surface area contributed by atoms with E-state index in [-0.39, 0.29) is 5.89 Å². The van der Waals surface area contributed by atoms with Crippen LogP contribution < -0.4 is 4.74 Å². The highest BCUT2D eigenvalue weighted by atomic mass is 79.9. The summed E-state index contributed by atoms with van der Waals surface area (Å²) in [4.78, 5) is 4.29. The quantitative estimate of drug-likeness (QED) is 0.431. The van der Waals surface area contributed by atoms with Gasteiger partial charge in [-0.1, -0.05) is 5.16 Å². The molecule has 0 saturated carbocycles. The number of aromatic amines is 1. The van der Waals surface area contributed by atoms with Gasteiger partial charge in [-0.2, -0.15) is 23.3 Å². The number of alkyl halides is 3. The van der Waals surface area contributed by atoms with E-state index in [0.29, 0.717) is 33.1 Å². The minimum atomic E-state index is -4.38. The standard InChI is InChI=1S/C18H10BrF3N4O2/c19-14-9-23-25-15(14)17-24-16(26-28-17)10-1-5-12(6-2-10)27-13-7-3-11(4-8-13)18(20,21)22/h1-9H,(H,23,25). The van der Waals surface area contributed by atoms with E-state index in [9.17, 15) is 13.2 Å². The number of hydrogen-bond acceptors (Lipinski definition) is 5. The second-order valence-electron chi connectivity index (χ2n) is 5.65. The molecule has 10 heteroatoms. The lowest BCUT2D eigenvalue weighted by Crippen LogP contribution is -2.03. The largest absolute Gasteiger partial charge is 0.457 e.